The van der Waals surface area contributed by atoms with Crippen LogP contribution < -0.4 is 10.5 Å². The maximum atomic E-state index is 9.96. The van der Waals surface area contributed by atoms with E-state index in [1.165, 1.54) is 0 Å². The Hall–Kier alpha value is -1.10. The van der Waals surface area contributed by atoms with E-state index in [0.29, 0.717) is 25.6 Å². The number of likely N-dealkylation sites (N-methyl/N-ethyl adjacent to an activating group) is 1. The average molecular weight is 280 g/mol. The molecular formula is C16H28N2O2. The third kappa shape index (κ3) is 6.89. The van der Waals surface area contributed by atoms with Crippen molar-refractivity contribution < 1.29 is 9.84 Å². The summed E-state index contributed by atoms with van der Waals surface area (Å²) in [7, 11) is 2.03. The molecule has 20 heavy (non-hydrogen) atoms. The van der Waals surface area contributed by atoms with Gasteiger partial charge in [-0.2, -0.15) is 0 Å². The third-order valence-electron chi connectivity index (χ3n) is 3.21. The molecule has 0 aliphatic heterocycles. The summed E-state index contributed by atoms with van der Waals surface area (Å²) in [4.78, 5) is 2.14. The summed E-state index contributed by atoms with van der Waals surface area (Å²) < 4.78 is 5.58. The molecule has 0 spiro atoms. The Bertz CT molecular complexity index is 365. The fraction of sp³-hybridized carbons (Fsp3) is 0.625. The quantitative estimate of drug-likeness (QED) is 0.725. The van der Waals surface area contributed by atoms with Crippen molar-refractivity contribution in [1.82, 2.24) is 4.90 Å². The molecule has 0 aliphatic rings. The van der Waals surface area contributed by atoms with E-state index in [0.717, 1.165) is 24.3 Å². The summed E-state index contributed by atoms with van der Waals surface area (Å²) in [6.45, 7) is 6.89. The summed E-state index contributed by atoms with van der Waals surface area (Å²) in [5.74, 6) is 1.46. The highest BCUT2D eigenvalue weighted by molar-refractivity contribution is 5.27. The topological polar surface area (TPSA) is 58.7 Å². The van der Waals surface area contributed by atoms with E-state index in [1.807, 2.05) is 31.3 Å². The van der Waals surface area contributed by atoms with Gasteiger partial charge in [0.25, 0.3) is 0 Å². The first kappa shape index (κ1) is 17.0. The lowest BCUT2D eigenvalue weighted by Crippen LogP contribution is -2.34. The lowest BCUT2D eigenvalue weighted by atomic mass is 10.1. The molecule has 1 rings (SSSR count). The molecule has 0 bridgehead atoms. The predicted octanol–water partition coefficient (Wildman–Crippen LogP) is 1.86. The summed E-state index contributed by atoms with van der Waals surface area (Å²) in [5.41, 5.74) is 6.62. The van der Waals surface area contributed by atoms with Gasteiger partial charge in [-0.25, -0.2) is 0 Å². The Morgan fingerprint density at radius 2 is 1.90 bits per heavy atom. The summed E-state index contributed by atoms with van der Waals surface area (Å²) in [5, 5.41) is 9.96. The fourth-order valence-corrected chi connectivity index (χ4v) is 1.90. The van der Waals surface area contributed by atoms with E-state index in [4.69, 9.17) is 10.5 Å². The molecule has 0 heterocycles. The van der Waals surface area contributed by atoms with Gasteiger partial charge in [0.2, 0.25) is 0 Å². The molecule has 4 nitrogen and oxygen atoms in total. The van der Waals surface area contributed by atoms with Crippen molar-refractivity contribution in [3.8, 4) is 5.75 Å². The number of ether oxygens (including phenoxy) is 1. The molecule has 0 saturated carbocycles. The highest BCUT2D eigenvalue weighted by Gasteiger charge is 2.09. The highest BCUT2D eigenvalue weighted by Crippen LogP contribution is 2.12. The number of aliphatic hydroxyl groups excluding tert-OH is 1. The summed E-state index contributed by atoms with van der Waals surface area (Å²) in [6.07, 6.45) is 0.673. The Kier molecular flexibility index (Phi) is 7.59. The van der Waals surface area contributed by atoms with E-state index in [-0.39, 0.29) is 0 Å². The van der Waals surface area contributed by atoms with E-state index >= 15 is 0 Å². The summed E-state index contributed by atoms with van der Waals surface area (Å²) in [6, 6.07) is 7.65. The zero-order valence-corrected chi connectivity index (χ0v) is 12.9. The molecule has 0 fully saturated rings. The first-order valence-corrected chi connectivity index (χ1v) is 7.29. The van der Waals surface area contributed by atoms with Gasteiger partial charge in [0, 0.05) is 13.1 Å². The van der Waals surface area contributed by atoms with Crippen LogP contribution in [0, 0.1) is 5.92 Å². The molecule has 0 aliphatic carbocycles. The first-order chi connectivity index (χ1) is 9.51. The number of rotatable bonds is 9. The SMILES string of the molecule is CC(C)CCN(C)CC(O)COc1ccc(CN)cc1. The fourth-order valence-electron chi connectivity index (χ4n) is 1.90. The zero-order valence-electron chi connectivity index (χ0n) is 12.9. The van der Waals surface area contributed by atoms with Crippen molar-refractivity contribution in [2.45, 2.75) is 32.9 Å². The molecule has 1 atom stereocenters. The molecule has 0 saturated heterocycles. The van der Waals surface area contributed by atoms with Crippen LogP contribution in [0.1, 0.15) is 25.8 Å². The minimum absolute atomic E-state index is 0.313. The van der Waals surface area contributed by atoms with Gasteiger partial charge >= 0.3 is 0 Å². The van der Waals surface area contributed by atoms with Crippen molar-refractivity contribution in [1.29, 1.82) is 0 Å². The lowest BCUT2D eigenvalue weighted by Gasteiger charge is -2.21. The van der Waals surface area contributed by atoms with Gasteiger partial charge < -0.3 is 20.5 Å². The standard InChI is InChI=1S/C16H28N2O2/c1-13(2)8-9-18(3)11-15(19)12-20-16-6-4-14(10-17)5-7-16/h4-7,13,15,19H,8-12,17H2,1-3H3. The molecule has 1 aromatic rings. The second-order valence-electron chi connectivity index (χ2n) is 5.76. The molecule has 3 N–H and O–H groups in total. The number of hydrogen-bond donors (Lipinski definition) is 2. The first-order valence-electron chi connectivity index (χ1n) is 7.29. The smallest absolute Gasteiger partial charge is 0.119 e. The largest absolute Gasteiger partial charge is 0.491 e. The second kappa shape index (κ2) is 8.95. The predicted molar refractivity (Wildman–Crippen MR) is 82.8 cm³/mol. The van der Waals surface area contributed by atoms with E-state index in [2.05, 4.69) is 18.7 Å². The van der Waals surface area contributed by atoms with Crippen LogP contribution in [0.15, 0.2) is 24.3 Å². The van der Waals surface area contributed by atoms with Gasteiger partial charge in [-0.3, -0.25) is 0 Å². The molecule has 0 amide bonds. The van der Waals surface area contributed by atoms with Crippen LogP contribution in [0.5, 0.6) is 5.75 Å². The molecule has 4 heteroatoms. The maximum Gasteiger partial charge on any atom is 0.119 e. The monoisotopic (exact) mass is 280 g/mol. The van der Waals surface area contributed by atoms with Crippen LogP contribution >= 0.6 is 0 Å². The molecule has 0 radical (unpaired) electrons. The molecule has 1 aromatic carbocycles. The zero-order chi connectivity index (χ0) is 15.0. The number of benzene rings is 1. The van der Waals surface area contributed by atoms with Crippen LogP contribution in [-0.2, 0) is 6.54 Å². The van der Waals surface area contributed by atoms with E-state index < -0.39 is 6.10 Å². The Labute approximate surface area is 122 Å². The van der Waals surface area contributed by atoms with Gasteiger partial charge in [0.1, 0.15) is 18.5 Å². The van der Waals surface area contributed by atoms with Crippen LogP contribution in [0.4, 0.5) is 0 Å². The van der Waals surface area contributed by atoms with Gasteiger partial charge in [-0.1, -0.05) is 26.0 Å². The number of nitrogens with two attached hydrogens (primary N) is 1. The second-order valence-corrected chi connectivity index (χ2v) is 5.76. The van der Waals surface area contributed by atoms with Crippen LogP contribution in [-0.4, -0.2) is 42.9 Å². The van der Waals surface area contributed by atoms with E-state index in [9.17, 15) is 5.11 Å². The molecule has 114 valence electrons. The molecule has 1 unspecified atom stereocenters. The van der Waals surface area contributed by atoms with Crippen LogP contribution in [0.25, 0.3) is 0 Å². The third-order valence-corrected chi connectivity index (χ3v) is 3.21. The minimum Gasteiger partial charge on any atom is -0.491 e. The molecular weight excluding hydrogens is 252 g/mol. The molecule has 0 aromatic heterocycles. The van der Waals surface area contributed by atoms with Gasteiger partial charge in [0.05, 0.1) is 0 Å². The normalized spacial score (nSPS) is 12.9. The van der Waals surface area contributed by atoms with Gasteiger partial charge in [0.15, 0.2) is 0 Å². The number of aliphatic hydroxyl groups is 1. The highest BCUT2D eigenvalue weighted by atomic mass is 16.5. The van der Waals surface area contributed by atoms with Crippen molar-refractivity contribution in [3.63, 3.8) is 0 Å². The van der Waals surface area contributed by atoms with Crippen molar-refractivity contribution in [3.05, 3.63) is 29.8 Å². The Morgan fingerprint density at radius 3 is 2.45 bits per heavy atom. The van der Waals surface area contributed by atoms with Crippen molar-refractivity contribution in [2.24, 2.45) is 11.7 Å². The average Bonchev–Trinajstić information content (AvgIpc) is 2.43. The van der Waals surface area contributed by atoms with Crippen molar-refractivity contribution in [2.75, 3.05) is 26.7 Å². The maximum absolute atomic E-state index is 9.96. The van der Waals surface area contributed by atoms with Gasteiger partial charge in [-0.05, 0) is 43.6 Å². The van der Waals surface area contributed by atoms with E-state index in [1.54, 1.807) is 0 Å². The lowest BCUT2D eigenvalue weighted by molar-refractivity contribution is 0.0751. The Balaban J connectivity index is 2.26. The Morgan fingerprint density at radius 1 is 1.25 bits per heavy atom. The van der Waals surface area contributed by atoms with Crippen LogP contribution in [0.2, 0.25) is 0 Å². The number of nitrogens with zero attached hydrogens (tertiary/aromatic N) is 1. The number of hydrogen-bond acceptors (Lipinski definition) is 4. The van der Waals surface area contributed by atoms with Crippen LogP contribution in [0.3, 0.4) is 0 Å². The summed E-state index contributed by atoms with van der Waals surface area (Å²) >= 11 is 0. The van der Waals surface area contributed by atoms with Gasteiger partial charge in [-0.15, -0.1) is 0 Å². The minimum atomic E-state index is -0.471. The van der Waals surface area contributed by atoms with Crippen molar-refractivity contribution >= 4 is 0 Å².